The summed E-state index contributed by atoms with van der Waals surface area (Å²) in [7, 11) is 0. The molecular weight excluding hydrogens is 270 g/mol. The molecule has 0 radical (unpaired) electrons. The van der Waals surface area contributed by atoms with Crippen LogP contribution in [0.3, 0.4) is 0 Å². The summed E-state index contributed by atoms with van der Waals surface area (Å²) in [6, 6.07) is 10.8. The number of aryl methyl sites for hydroxylation is 1. The smallest absolute Gasteiger partial charge is 0.339 e. The van der Waals surface area contributed by atoms with Crippen molar-refractivity contribution in [3.63, 3.8) is 0 Å². The van der Waals surface area contributed by atoms with Crippen LogP contribution in [0.1, 0.15) is 21.7 Å². The quantitative estimate of drug-likeness (QED) is 0.795. The van der Waals surface area contributed by atoms with E-state index in [1.54, 1.807) is 16.7 Å². The van der Waals surface area contributed by atoms with Crippen molar-refractivity contribution in [1.29, 1.82) is 0 Å². The first-order valence-corrected chi connectivity index (χ1v) is 6.41. The first kappa shape index (κ1) is 13.1. The third kappa shape index (κ3) is 2.43. The average molecular weight is 283 g/mol. The standard InChI is InChI=1S/C15H13N3O3/c1-10-5-2-3-7-12(10)21-9-13-16-17-14-11(15(19)20)6-4-8-18(13)14/h2-8H,9H2,1H3,(H,19,20). The van der Waals surface area contributed by atoms with Gasteiger partial charge in [-0.05, 0) is 30.7 Å². The zero-order chi connectivity index (χ0) is 14.8. The molecule has 0 spiro atoms. The summed E-state index contributed by atoms with van der Waals surface area (Å²) in [4.78, 5) is 11.1. The summed E-state index contributed by atoms with van der Waals surface area (Å²) in [5, 5.41) is 17.1. The second kappa shape index (κ2) is 5.24. The van der Waals surface area contributed by atoms with E-state index in [1.165, 1.54) is 6.07 Å². The Morgan fingerprint density at radius 1 is 1.24 bits per heavy atom. The molecule has 0 amide bonds. The highest BCUT2D eigenvalue weighted by Gasteiger charge is 2.14. The summed E-state index contributed by atoms with van der Waals surface area (Å²) in [5.41, 5.74) is 1.46. The number of fused-ring (bicyclic) bond motifs is 1. The number of pyridine rings is 1. The van der Waals surface area contributed by atoms with Gasteiger partial charge in [0.1, 0.15) is 17.9 Å². The van der Waals surface area contributed by atoms with Crippen LogP contribution in [0.2, 0.25) is 0 Å². The number of hydrogen-bond donors (Lipinski definition) is 1. The Bertz CT molecular complexity index is 811. The normalized spacial score (nSPS) is 10.7. The topological polar surface area (TPSA) is 76.7 Å². The van der Waals surface area contributed by atoms with Gasteiger partial charge in [-0.3, -0.25) is 4.40 Å². The van der Waals surface area contributed by atoms with Crippen LogP contribution >= 0.6 is 0 Å². The molecule has 106 valence electrons. The van der Waals surface area contributed by atoms with Gasteiger partial charge in [0.25, 0.3) is 0 Å². The van der Waals surface area contributed by atoms with Crippen LogP contribution in [0.15, 0.2) is 42.6 Å². The van der Waals surface area contributed by atoms with Crippen LogP contribution < -0.4 is 4.74 Å². The number of ether oxygens (including phenoxy) is 1. The number of para-hydroxylation sites is 1. The van der Waals surface area contributed by atoms with Crippen LogP contribution in [0.4, 0.5) is 0 Å². The fraction of sp³-hybridized carbons (Fsp3) is 0.133. The predicted molar refractivity (Wildman–Crippen MR) is 75.5 cm³/mol. The molecule has 3 aromatic rings. The van der Waals surface area contributed by atoms with Gasteiger partial charge < -0.3 is 9.84 Å². The highest BCUT2D eigenvalue weighted by atomic mass is 16.5. The minimum Gasteiger partial charge on any atom is -0.485 e. The number of rotatable bonds is 4. The van der Waals surface area contributed by atoms with E-state index >= 15 is 0 Å². The zero-order valence-electron chi connectivity index (χ0n) is 11.4. The van der Waals surface area contributed by atoms with Gasteiger partial charge >= 0.3 is 5.97 Å². The van der Waals surface area contributed by atoms with Crippen LogP contribution in [-0.4, -0.2) is 25.7 Å². The molecule has 21 heavy (non-hydrogen) atoms. The summed E-state index contributed by atoms with van der Waals surface area (Å²) in [6.07, 6.45) is 1.72. The highest BCUT2D eigenvalue weighted by molar-refractivity contribution is 5.94. The largest absolute Gasteiger partial charge is 0.485 e. The van der Waals surface area contributed by atoms with E-state index in [1.807, 2.05) is 31.2 Å². The molecule has 1 aromatic carbocycles. The molecule has 2 aromatic heterocycles. The Morgan fingerprint density at radius 3 is 2.81 bits per heavy atom. The summed E-state index contributed by atoms with van der Waals surface area (Å²) in [6.45, 7) is 2.18. The second-order valence-corrected chi connectivity index (χ2v) is 4.59. The molecule has 0 saturated carbocycles. The lowest BCUT2D eigenvalue weighted by Gasteiger charge is -2.07. The van der Waals surface area contributed by atoms with Gasteiger partial charge in [-0.15, -0.1) is 10.2 Å². The van der Waals surface area contributed by atoms with E-state index in [0.717, 1.165) is 11.3 Å². The van der Waals surface area contributed by atoms with Crippen molar-refractivity contribution in [2.75, 3.05) is 0 Å². The number of carbonyl (C=O) groups is 1. The molecule has 0 unspecified atom stereocenters. The summed E-state index contributed by atoms with van der Waals surface area (Å²) >= 11 is 0. The van der Waals surface area contributed by atoms with E-state index < -0.39 is 5.97 Å². The molecule has 2 heterocycles. The van der Waals surface area contributed by atoms with Crippen LogP contribution in [-0.2, 0) is 6.61 Å². The van der Waals surface area contributed by atoms with E-state index in [9.17, 15) is 4.79 Å². The van der Waals surface area contributed by atoms with Crippen LogP contribution in [0.5, 0.6) is 5.75 Å². The van der Waals surface area contributed by atoms with E-state index in [-0.39, 0.29) is 12.2 Å². The molecule has 0 aliphatic rings. The number of carboxylic acids is 1. The van der Waals surface area contributed by atoms with Gasteiger partial charge in [0, 0.05) is 6.20 Å². The van der Waals surface area contributed by atoms with Crippen LogP contribution in [0.25, 0.3) is 5.65 Å². The first-order chi connectivity index (χ1) is 10.2. The number of aromatic carboxylic acids is 1. The minimum atomic E-state index is -1.03. The Balaban J connectivity index is 1.90. The molecule has 6 heteroatoms. The average Bonchev–Trinajstić information content (AvgIpc) is 2.89. The lowest BCUT2D eigenvalue weighted by molar-refractivity contribution is 0.0698. The fourth-order valence-corrected chi connectivity index (χ4v) is 2.09. The molecule has 0 fully saturated rings. The predicted octanol–water partition coefficient (Wildman–Crippen LogP) is 2.31. The molecule has 0 saturated heterocycles. The molecule has 0 bridgehead atoms. The van der Waals surface area contributed by atoms with Gasteiger partial charge in [-0.25, -0.2) is 4.79 Å². The molecule has 3 rings (SSSR count). The zero-order valence-corrected chi connectivity index (χ0v) is 11.4. The lowest BCUT2D eigenvalue weighted by Crippen LogP contribution is -2.04. The number of carboxylic acid groups (broad SMARTS) is 1. The highest BCUT2D eigenvalue weighted by Crippen LogP contribution is 2.18. The van der Waals surface area contributed by atoms with Crippen LogP contribution in [0, 0.1) is 6.92 Å². The van der Waals surface area contributed by atoms with Gasteiger partial charge in [0.2, 0.25) is 0 Å². The summed E-state index contributed by atoms with van der Waals surface area (Å²) < 4.78 is 7.35. The van der Waals surface area contributed by atoms with Crippen molar-refractivity contribution in [2.45, 2.75) is 13.5 Å². The number of aromatic nitrogens is 3. The molecule has 0 aliphatic carbocycles. The van der Waals surface area contributed by atoms with Crippen molar-refractivity contribution in [3.8, 4) is 5.75 Å². The van der Waals surface area contributed by atoms with Gasteiger partial charge in [0.15, 0.2) is 11.5 Å². The maximum Gasteiger partial charge on any atom is 0.339 e. The van der Waals surface area contributed by atoms with Crippen molar-refractivity contribution in [3.05, 3.63) is 59.5 Å². The maximum atomic E-state index is 11.1. The second-order valence-electron chi connectivity index (χ2n) is 4.59. The number of hydrogen-bond acceptors (Lipinski definition) is 4. The molecule has 1 N–H and O–H groups in total. The maximum absolute atomic E-state index is 11.1. The SMILES string of the molecule is Cc1ccccc1OCc1nnc2c(C(=O)O)cccn12. The molecule has 6 nitrogen and oxygen atoms in total. The Morgan fingerprint density at radius 2 is 2.05 bits per heavy atom. The fourth-order valence-electron chi connectivity index (χ4n) is 2.09. The first-order valence-electron chi connectivity index (χ1n) is 6.41. The molecular formula is C15H13N3O3. The Labute approximate surface area is 120 Å². The van der Waals surface area contributed by atoms with Gasteiger partial charge in [-0.1, -0.05) is 18.2 Å². The molecule has 0 aliphatic heterocycles. The Hall–Kier alpha value is -2.89. The van der Waals surface area contributed by atoms with Gasteiger partial charge in [0.05, 0.1) is 0 Å². The van der Waals surface area contributed by atoms with Gasteiger partial charge in [-0.2, -0.15) is 0 Å². The monoisotopic (exact) mass is 283 g/mol. The number of nitrogens with zero attached hydrogens (tertiary/aromatic N) is 3. The Kier molecular flexibility index (Phi) is 3.27. The van der Waals surface area contributed by atoms with E-state index in [2.05, 4.69) is 10.2 Å². The van der Waals surface area contributed by atoms with E-state index in [0.29, 0.717) is 11.5 Å². The minimum absolute atomic E-state index is 0.118. The summed E-state index contributed by atoms with van der Waals surface area (Å²) in [5.74, 6) is 0.291. The molecule has 0 atom stereocenters. The van der Waals surface area contributed by atoms with Crippen molar-refractivity contribution >= 4 is 11.6 Å². The third-order valence-corrected chi connectivity index (χ3v) is 3.19. The third-order valence-electron chi connectivity index (χ3n) is 3.19. The van der Waals surface area contributed by atoms with Crippen molar-refractivity contribution in [1.82, 2.24) is 14.6 Å². The van der Waals surface area contributed by atoms with E-state index in [4.69, 9.17) is 9.84 Å². The lowest BCUT2D eigenvalue weighted by atomic mass is 10.2. The number of benzene rings is 1. The van der Waals surface area contributed by atoms with Crippen molar-refractivity contribution in [2.24, 2.45) is 0 Å². The van der Waals surface area contributed by atoms with Crippen molar-refractivity contribution < 1.29 is 14.6 Å².